The average molecular weight is 216 g/mol. The zero-order chi connectivity index (χ0) is 11.5. The molecule has 0 saturated heterocycles. The summed E-state index contributed by atoms with van der Waals surface area (Å²) in [4.78, 5) is 17.2. The molecule has 0 unspecified atom stereocenters. The van der Waals surface area contributed by atoms with Crippen LogP contribution < -0.4 is 0 Å². The van der Waals surface area contributed by atoms with Gasteiger partial charge in [-0.25, -0.2) is 0 Å². The van der Waals surface area contributed by atoms with Gasteiger partial charge < -0.3 is 9.88 Å². The van der Waals surface area contributed by atoms with Crippen molar-refractivity contribution in [2.45, 2.75) is 6.42 Å². The number of carbonyl (C=O) groups is 1. The van der Waals surface area contributed by atoms with Crippen molar-refractivity contribution in [1.29, 1.82) is 0 Å². The van der Waals surface area contributed by atoms with E-state index < -0.39 is 0 Å². The predicted molar refractivity (Wildman–Crippen MR) is 65.8 cm³/mol. The lowest BCUT2D eigenvalue weighted by molar-refractivity contribution is 0.0974. The third kappa shape index (κ3) is 2.14. The van der Waals surface area contributed by atoms with E-state index in [1.807, 2.05) is 49.5 Å². The van der Waals surface area contributed by atoms with Crippen LogP contribution in [0, 0.1) is 0 Å². The van der Waals surface area contributed by atoms with Crippen molar-refractivity contribution in [3.8, 4) is 0 Å². The quantitative estimate of drug-likeness (QED) is 0.796. The molecule has 0 spiro atoms. The maximum Gasteiger partial charge on any atom is 0.164 e. The summed E-state index contributed by atoms with van der Waals surface area (Å²) in [5, 5.41) is 1.02. The molecule has 0 saturated carbocycles. The number of nitrogens with zero attached hydrogens (tertiary/aromatic N) is 1. The maximum absolute atomic E-state index is 12.0. The van der Waals surface area contributed by atoms with Gasteiger partial charge in [0.25, 0.3) is 0 Å². The fourth-order valence-corrected chi connectivity index (χ4v) is 1.79. The van der Waals surface area contributed by atoms with Gasteiger partial charge in [-0.15, -0.1) is 0 Å². The lowest BCUT2D eigenvalue weighted by atomic mass is 10.0. The Balaban J connectivity index is 2.25. The monoisotopic (exact) mass is 216 g/mol. The number of nitrogens with one attached hydrogen (secondary N) is 1. The second-order valence-corrected chi connectivity index (χ2v) is 4.22. The molecule has 0 radical (unpaired) electrons. The maximum atomic E-state index is 12.0. The summed E-state index contributed by atoms with van der Waals surface area (Å²) < 4.78 is 0. The number of aromatic nitrogens is 1. The highest BCUT2D eigenvalue weighted by molar-refractivity contribution is 6.07. The number of aromatic amines is 1. The van der Waals surface area contributed by atoms with Crippen LogP contribution in [-0.2, 0) is 0 Å². The summed E-state index contributed by atoms with van der Waals surface area (Å²) in [7, 11) is 3.95. The molecule has 3 heteroatoms. The lowest BCUT2D eigenvalue weighted by Gasteiger charge is -2.08. The number of carbonyl (C=O) groups excluding carboxylic acids is 1. The van der Waals surface area contributed by atoms with Crippen LogP contribution in [0.25, 0.3) is 10.9 Å². The van der Waals surface area contributed by atoms with Crippen molar-refractivity contribution in [2.75, 3.05) is 20.6 Å². The average Bonchev–Trinajstić information content (AvgIpc) is 2.73. The number of hydrogen-bond acceptors (Lipinski definition) is 2. The Kier molecular flexibility index (Phi) is 3.06. The first-order chi connectivity index (χ1) is 7.68. The SMILES string of the molecule is CN(C)CCC(=O)c1cccc2[nH]ccc12. The molecule has 0 aliphatic heterocycles. The van der Waals surface area contributed by atoms with Gasteiger partial charge in [0.15, 0.2) is 5.78 Å². The van der Waals surface area contributed by atoms with E-state index in [0.29, 0.717) is 6.42 Å². The van der Waals surface area contributed by atoms with E-state index in [0.717, 1.165) is 23.0 Å². The standard InChI is InChI=1S/C13H16N2O/c1-15(2)9-7-13(16)11-4-3-5-12-10(11)6-8-14-12/h3-6,8,14H,7,9H2,1-2H3. The molecular formula is C13H16N2O. The number of Topliss-reactive ketones (excluding diaryl/α,β-unsaturated/α-hetero) is 1. The van der Waals surface area contributed by atoms with E-state index in [1.54, 1.807) is 0 Å². The Bertz CT molecular complexity index is 499. The van der Waals surface area contributed by atoms with Crippen LogP contribution in [0.1, 0.15) is 16.8 Å². The number of H-pyrrole nitrogens is 1. The number of fused-ring (bicyclic) bond motifs is 1. The summed E-state index contributed by atoms with van der Waals surface area (Å²) in [6.07, 6.45) is 2.44. The van der Waals surface area contributed by atoms with E-state index in [-0.39, 0.29) is 5.78 Å². The summed E-state index contributed by atoms with van der Waals surface area (Å²) in [6.45, 7) is 0.791. The molecule has 1 heterocycles. The normalized spacial score (nSPS) is 11.2. The van der Waals surface area contributed by atoms with Gasteiger partial charge in [0.2, 0.25) is 0 Å². The highest BCUT2D eigenvalue weighted by atomic mass is 16.1. The lowest BCUT2D eigenvalue weighted by Crippen LogP contribution is -2.16. The van der Waals surface area contributed by atoms with Crippen LogP contribution in [0.2, 0.25) is 0 Å². The van der Waals surface area contributed by atoms with E-state index in [4.69, 9.17) is 0 Å². The minimum absolute atomic E-state index is 0.207. The van der Waals surface area contributed by atoms with Crippen molar-refractivity contribution < 1.29 is 4.79 Å². The molecule has 3 nitrogen and oxygen atoms in total. The molecule has 1 aromatic carbocycles. The van der Waals surface area contributed by atoms with Gasteiger partial charge in [-0.1, -0.05) is 12.1 Å². The Morgan fingerprint density at radius 1 is 1.31 bits per heavy atom. The largest absolute Gasteiger partial charge is 0.361 e. The third-order valence-corrected chi connectivity index (χ3v) is 2.68. The number of rotatable bonds is 4. The third-order valence-electron chi connectivity index (χ3n) is 2.68. The minimum Gasteiger partial charge on any atom is -0.361 e. The zero-order valence-electron chi connectivity index (χ0n) is 9.66. The van der Waals surface area contributed by atoms with Crippen LogP contribution in [0.4, 0.5) is 0 Å². The molecule has 1 aromatic heterocycles. The smallest absolute Gasteiger partial charge is 0.164 e. The molecule has 84 valence electrons. The molecule has 0 atom stereocenters. The number of ketones is 1. The molecule has 16 heavy (non-hydrogen) atoms. The van der Waals surface area contributed by atoms with Crippen molar-refractivity contribution in [1.82, 2.24) is 9.88 Å². The van der Waals surface area contributed by atoms with Crippen molar-refractivity contribution >= 4 is 16.7 Å². The Morgan fingerprint density at radius 3 is 2.88 bits per heavy atom. The molecule has 2 rings (SSSR count). The van der Waals surface area contributed by atoms with E-state index in [1.165, 1.54) is 0 Å². The van der Waals surface area contributed by atoms with Gasteiger partial charge in [-0.2, -0.15) is 0 Å². The first-order valence-electron chi connectivity index (χ1n) is 5.42. The van der Waals surface area contributed by atoms with Gasteiger partial charge >= 0.3 is 0 Å². The van der Waals surface area contributed by atoms with Crippen LogP contribution in [0.5, 0.6) is 0 Å². The molecule has 0 aliphatic rings. The van der Waals surface area contributed by atoms with Crippen LogP contribution in [0.3, 0.4) is 0 Å². The molecule has 1 N–H and O–H groups in total. The minimum atomic E-state index is 0.207. The Labute approximate surface area is 95.1 Å². The van der Waals surface area contributed by atoms with Gasteiger partial charge in [0.05, 0.1) is 0 Å². The Hall–Kier alpha value is -1.61. The van der Waals surface area contributed by atoms with Crippen molar-refractivity contribution in [2.24, 2.45) is 0 Å². The van der Waals surface area contributed by atoms with E-state index in [9.17, 15) is 4.79 Å². The topological polar surface area (TPSA) is 36.1 Å². The Morgan fingerprint density at radius 2 is 2.12 bits per heavy atom. The summed E-state index contributed by atoms with van der Waals surface area (Å²) in [5.74, 6) is 0.207. The number of hydrogen-bond donors (Lipinski definition) is 1. The summed E-state index contributed by atoms with van der Waals surface area (Å²) in [5.41, 5.74) is 1.84. The predicted octanol–water partition coefficient (Wildman–Crippen LogP) is 2.30. The van der Waals surface area contributed by atoms with Crippen LogP contribution >= 0.6 is 0 Å². The molecule has 2 aromatic rings. The second kappa shape index (κ2) is 4.49. The fourth-order valence-electron chi connectivity index (χ4n) is 1.79. The van der Waals surface area contributed by atoms with Crippen LogP contribution in [-0.4, -0.2) is 36.3 Å². The number of benzene rings is 1. The fraction of sp³-hybridized carbons (Fsp3) is 0.308. The summed E-state index contributed by atoms with van der Waals surface area (Å²) in [6, 6.07) is 7.76. The highest BCUT2D eigenvalue weighted by Crippen LogP contribution is 2.18. The summed E-state index contributed by atoms with van der Waals surface area (Å²) >= 11 is 0. The van der Waals surface area contributed by atoms with Gasteiger partial charge in [-0.3, -0.25) is 4.79 Å². The van der Waals surface area contributed by atoms with Crippen LogP contribution in [0.15, 0.2) is 30.5 Å². The van der Waals surface area contributed by atoms with E-state index >= 15 is 0 Å². The first-order valence-corrected chi connectivity index (χ1v) is 5.42. The van der Waals surface area contributed by atoms with Crippen molar-refractivity contribution in [3.05, 3.63) is 36.0 Å². The van der Waals surface area contributed by atoms with Gasteiger partial charge in [0, 0.05) is 35.6 Å². The molecular weight excluding hydrogens is 200 g/mol. The van der Waals surface area contributed by atoms with Crippen molar-refractivity contribution in [3.63, 3.8) is 0 Å². The molecule has 0 bridgehead atoms. The molecule has 0 amide bonds. The second-order valence-electron chi connectivity index (χ2n) is 4.22. The van der Waals surface area contributed by atoms with E-state index in [2.05, 4.69) is 4.98 Å². The zero-order valence-corrected chi connectivity index (χ0v) is 9.66. The molecule has 0 aliphatic carbocycles. The highest BCUT2D eigenvalue weighted by Gasteiger charge is 2.10. The first kappa shape index (κ1) is 10.9. The molecule has 0 fully saturated rings. The van der Waals surface area contributed by atoms with Gasteiger partial charge in [-0.05, 0) is 26.2 Å². The van der Waals surface area contributed by atoms with Gasteiger partial charge in [0.1, 0.15) is 0 Å².